The zero-order chi connectivity index (χ0) is 14.2. The van der Waals surface area contributed by atoms with Gasteiger partial charge in [0, 0.05) is 12.1 Å². The zero-order valence-corrected chi connectivity index (χ0v) is 11.7. The molecule has 1 aromatic rings. The lowest BCUT2D eigenvalue weighted by Gasteiger charge is -2.23. The summed E-state index contributed by atoms with van der Waals surface area (Å²) in [6.07, 6.45) is -0.636. The Hall–Kier alpha value is -1.60. The number of sulfonamides is 1. The van der Waals surface area contributed by atoms with E-state index in [1.54, 1.807) is 20.8 Å². The number of benzene rings is 1. The van der Waals surface area contributed by atoms with E-state index in [2.05, 4.69) is 10.0 Å². The standard InChI is InChI=1S/C12H16N2O4S/c1-7(2)14-19(16,17)9-4-5-10-11(6-9)18-8(3)12(15)13-10/h4-8,14H,1-3H3,(H,13,15)/t8-/m0/s1. The Morgan fingerprint density at radius 3 is 2.68 bits per heavy atom. The lowest BCUT2D eigenvalue weighted by molar-refractivity contribution is -0.122. The van der Waals surface area contributed by atoms with Crippen LogP contribution in [0.2, 0.25) is 0 Å². The zero-order valence-electron chi connectivity index (χ0n) is 10.9. The molecule has 1 amide bonds. The van der Waals surface area contributed by atoms with E-state index in [4.69, 9.17) is 4.74 Å². The molecule has 0 unspecified atom stereocenters. The van der Waals surface area contributed by atoms with Gasteiger partial charge in [-0.25, -0.2) is 13.1 Å². The van der Waals surface area contributed by atoms with Crippen LogP contribution >= 0.6 is 0 Å². The van der Waals surface area contributed by atoms with Crippen LogP contribution in [0.3, 0.4) is 0 Å². The summed E-state index contributed by atoms with van der Waals surface area (Å²) in [4.78, 5) is 11.5. The van der Waals surface area contributed by atoms with Crippen molar-refractivity contribution in [2.24, 2.45) is 0 Å². The first kappa shape index (κ1) is 13.8. The number of hydrogen-bond acceptors (Lipinski definition) is 4. The molecule has 2 rings (SSSR count). The summed E-state index contributed by atoms with van der Waals surface area (Å²) in [6, 6.07) is 4.17. The summed E-state index contributed by atoms with van der Waals surface area (Å²) >= 11 is 0. The monoisotopic (exact) mass is 284 g/mol. The predicted octanol–water partition coefficient (Wildman–Crippen LogP) is 1.09. The van der Waals surface area contributed by atoms with E-state index in [-0.39, 0.29) is 16.8 Å². The molecule has 0 spiro atoms. The number of rotatable bonds is 3. The van der Waals surface area contributed by atoms with E-state index in [0.29, 0.717) is 11.4 Å². The largest absolute Gasteiger partial charge is 0.479 e. The van der Waals surface area contributed by atoms with Gasteiger partial charge in [-0.05, 0) is 32.9 Å². The third-order valence-electron chi connectivity index (χ3n) is 2.59. The number of carbonyl (C=O) groups is 1. The number of anilines is 1. The lowest BCUT2D eigenvalue weighted by Crippen LogP contribution is -2.35. The number of hydrogen-bond donors (Lipinski definition) is 2. The molecule has 1 heterocycles. The summed E-state index contributed by atoms with van der Waals surface area (Å²) in [5.74, 6) is 0.113. The van der Waals surface area contributed by atoms with Gasteiger partial charge < -0.3 is 10.1 Å². The number of nitrogens with one attached hydrogen (secondary N) is 2. The number of carbonyl (C=O) groups excluding carboxylic acids is 1. The van der Waals surface area contributed by atoms with Crippen LogP contribution in [0.1, 0.15) is 20.8 Å². The van der Waals surface area contributed by atoms with Crippen molar-refractivity contribution in [3.8, 4) is 5.75 Å². The topological polar surface area (TPSA) is 84.5 Å². The fourth-order valence-corrected chi connectivity index (χ4v) is 2.99. The molecular formula is C12H16N2O4S. The van der Waals surface area contributed by atoms with Gasteiger partial charge in [-0.3, -0.25) is 4.79 Å². The highest BCUT2D eigenvalue weighted by Crippen LogP contribution is 2.31. The third kappa shape index (κ3) is 2.87. The van der Waals surface area contributed by atoms with Gasteiger partial charge in [0.15, 0.2) is 6.10 Å². The average molecular weight is 284 g/mol. The van der Waals surface area contributed by atoms with Crippen LogP contribution in [0, 0.1) is 0 Å². The van der Waals surface area contributed by atoms with Crippen molar-refractivity contribution in [1.29, 1.82) is 0 Å². The molecule has 1 aliphatic heterocycles. The second-order valence-electron chi connectivity index (χ2n) is 4.68. The Morgan fingerprint density at radius 2 is 2.05 bits per heavy atom. The van der Waals surface area contributed by atoms with Crippen LogP contribution in [0.4, 0.5) is 5.69 Å². The highest BCUT2D eigenvalue weighted by Gasteiger charge is 2.25. The Morgan fingerprint density at radius 1 is 1.37 bits per heavy atom. The Bertz CT molecular complexity index is 610. The van der Waals surface area contributed by atoms with Crippen LogP contribution in [0.15, 0.2) is 23.1 Å². The number of fused-ring (bicyclic) bond motifs is 1. The minimum absolute atomic E-state index is 0.114. The van der Waals surface area contributed by atoms with Crippen LogP contribution in [-0.2, 0) is 14.8 Å². The third-order valence-corrected chi connectivity index (χ3v) is 4.24. The molecule has 0 bridgehead atoms. The summed E-state index contributed by atoms with van der Waals surface area (Å²) in [7, 11) is -3.57. The van der Waals surface area contributed by atoms with Crippen molar-refractivity contribution < 1.29 is 17.9 Å². The molecule has 1 atom stereocenters. The van der Waals surface area contributed by atoms with Crippen molar-refractivity contribution in [3.63, 3.8) is 0 Å². The fourth-order valence-electron chi connectivity index (χ4n) is 1.73. The Labute approximate surface area is 112 Å². The van der Waals surface area contributed by atoms with Crippen LogP contribution in [0.25, 0.3) is 0 Å². The van der Waals surface area contributed by atoms with Gasteiger partial charge in [-0.15, -0.1) is 0 Å². The van der Waals surface area contributed by atoms with E-state index >= 15 is 0 Å². The van der Waals surface area contributed by atoms with Crippen LogP contribution in [0.5, 0.6) is 5.75 Å². The maximum atomic E-state index is 12.0. The smallest absolute Gasteiger partial charge is 0.265 e. The molecule has 0 aromatic heterocycles. The maximum Gasteiger partial charge on any atom is 0.265 e. The van der Waals surface area contributed by atoms with Gasteiger partial charge in [0.1, 0.15) is 5.75 Å². The minimum atomic E-state index is -3.57. The molecule has 0 radical (unpaired) electrons. The van der Waals surface area contributed by atoms with Gasteiger partial charge in [-0.2, -0.15) is 0 Å². The van der Waals surface area contributed by atoms with E-state index in [0.717, 1.165) is 0 Å². The second kappa shape index (κ2) is 4.82. The van der Waals surface area contributed by atoms with Gasteiger partial charge in [-0.1, -0.05) is 0 Å². The average Bonchev–Trinajstić information content (AvgIpc) is 2.28. The molecule has 0 fully saturated rings. The molecule has 0 aliphatic carbocycles. The van der Waals surface area contributed by atoms with Crippen molar-refractivity contribution >= 4 is 21.6 Å². The van der Waals surface area contributed by atoms with E-state index in [1.807, 2.05) is 0 Å². The molecule has 0 saturated carbocycles. The molecule has 19 heavy (non-hydrogen) atoms. The quantitative estimate of drug-likeness (QED) is 0.870. The first-order chi connectivity index (χ1) is 8.79. The van der Waals surface area contributed by atoms with Gasteiger partial charge in [0.05, 0.1) is 10.6 Å². The highest BCUT2D eigenvalue weighted by molar-refractivity contribution is 7.89. The summed E-state index contributed by atoms with van der Waals surface area (Å²) in [5.41, 5.74) is 0.478. The molecule has 2 N–H and O–H groups in total. The summed E-state index contributed by atoms with van der Waals surface area (Å²) in [5, 5.41) is 2.65. The lowest BCUT2D eigenvalue weighted by atomic mass is 10.2. The SMILES string of the molecule is CC(C)NS(=O)(=O)c1ccc2c(c1)O[C@@H](C)C(=O)N2. The van der Waals surface area contributed by atoms with Gasteiger partial charge in [0.25, 0.3) is 5.91 Å². The molecule has 1 aliphatic rings. The maximum absolute atomic E-state index is 12.0. The van der Waals surface area contributed by atoms with Crippen LogP contribution in [-0.4, -0.2) is 26.5 Å². The molecule has 0 saturated heterocycles. The Kier molecular flexibility index (Phi) is 3.51. The molecule has 104 valence electrons. The number of ether oxygens (including phenoxy) is 1. The second-order valence-corrected chi connectivity index (χ2v) is 6.40. The van der Waals surface area contributed by atoms with Crippen molar-refractivity contribution in [3.05, 3.63) is 18.2 Å². The van der Waals surface area contributed by atoms with Gasteiger partial charge in [0.2, 0.25) is 10.0 Å². The van der Waals surface area contributed by atoms with E-state index in [9.17, 15) is 13.2 Å². The van der Waals surface area contributed by atoms with Crippen molar-refractivity contribution in [1.82, 2.24) is 4.72 Å². The fraction of sp³-hybridized carbons (Fsp3) is 0.417. The summed E-state index contributed by atoms with van der Waals surface area (Å²) in [6.45, 7) is 5.09. The first-order valence-corrected chi connectivity index (χ1v) is 7.42. The number of amides is 1. The Balaban J connectivity index is 2.37. The molecule has 7 heteroatoms. The van der Waals surface area contributed by atoms with E-state index < -0.39 is 16.1 Å². The van der Waals surface area contributed by atoms with Gasteiger partial charge >= 0.3 is 0 Å². The van der Waals surface area contributed by atoms with Crippen molar-refractivity contribution in [2.75, 3.05) is 5.32 Å². The first-order valence-electron chi connectivity index (χ1n) is 5.93. The molecular weight excluding hydrogens is 268 g/mol. The molecule has 1 aromatic carbocycles. The highest BCUT2D eigenvalue weighted by atomic mass is 32.2. The van der Waals surface area contributed by atoms with Crippen LogP contribution < -0.4 is 14.8 Å². The molecule has 6 nitrogen and oxygen atoms in total. The predicted molar refractivity (Wildman–Crippen MR) is 70.6 cm³/mol. The normalized spacial score (nSPS) is 18.7. The minimum Gasteiger partial charge on any atom is -0.479 e. The summed E-state index contributed by atoms with van der Waals surface area (Å²) < 4.78 is 31.9. The van der Waals surface area contributed by atoms with E-state index in [1.165, 1.54) is 18.2 Å². The van der Waals surface area contributed by atoms with Crippen molar-refractivity contribution in [2.45, 2.75) is 37.8 Å².